The predicted octanol–water partition coefficient (Wildman–Crippen LogP) is 2.53. The third kappa shape index (κ3) is 3.12. The highest BCUT2D eigenvalue weighted by Crippen LogP contribution is 2.22. The summed E-state index contributed by atoms with van der Waals surface area (Å²) in [6, 6.07) is 6.30. The highest BCUT2D eigenvalue weighted by Gasteiger charge is 2.23. The van der Waals surface area contributed by atoms with Crippen LogP contribution < -0.4 is 5.73 Å². The number of nitrogen functional groups attached to an aromatic ring is 1. The largest absolute Gasteiger partial charge is 0.398 e. The van der Waals surface area contributed by atoms with Crippen LogP contribution in [0.5, 0.6) is 0 Å². The molecule has 2 N–H and O–H groups in total. The second kappa shape index (κ2) is 5.25. The molecule has 0 bridgehead atoms. The molecular formula is C13H19ClN2O. The van der Waals surface area contributed by atoms with Crippen LogP contribution in [0.15, 0.2) is 18.2 Å². The zero-order valence-corrected chi connectivity index (χ0v) is 11.1. The Labute approximate surface area is 107 Å². The summed E-state index contributed by atoms with van der Waals surface area (Å²) in [5.41, 5.74) is 7.67. The molecule has 3 nitrogen and oxygen atoms in total. The van der Waals surface area contributed by atoms with Gasteiger partial charge in [0.25, 0.3) is 0 Å². The summed E-state index contributed by atoms with van der Waals surface area (Å²) in [4.78, 5) is 2.41. The molecule has 1 heterocycles. The highest BCUT2D eigenvalue weighted by atomic mass is 35.5. The van der Waals surface area contributed by atoms with E-state index in [1.54, 1.807) is 0 Å². The first kappa shape index (κ1) is 12.7. The van der Waals surface area contributed by atoms with Crippen LogP contribution in [0.1, 0.15) is 19.4 Å². The van der Waals surface area contributed by atoms with Crippen molar-refractivity contribution >= 4 is 17.3 Å². The summed E-state index contributed by atoms with van der Waals surface area (Å²) in [5.74, 6) is 0. The number of hydrogen-bond acceptors (Lipinski definition) is 3. The minimum absolute atomic E-state index is 0.302. The van der Waals surface area contributed by atoms with Gasteiger partial charge in [-0.15, -0.1) is 0 Å². The number of anilines is 1. The van der Waals surface area contributed by atoms with Crippen LogP contribution in [-0.2, 0) is 11.3 Å². The van der Waals surface area contributed by atoms with Crippen molar-refractivity contribution in [2.75, 3.05) is 18.9 Å². The normalized spacial score (nSPS) is 26.1. The minimum Gasteiger partial charge on any atom is -0.398 e. The molecule has 0 saturated carbocycles. The van der Waals surface area contributed by atoms with Crippen molar-refractivity contribution < 1.29 is 4.74 Å². The standard InChI is InChI=1S/C13H19ClN2O/c1-9-8-17-10(2)6-16(9)7-11-3-4-12(14)13(15)5-11/h3-5,9-10H,6-8,15H2,1-2H3. The zero-order chi connectivity index (χ0) is 12.4. The number of nitrogens with zero attached hydrogens (tertiary/aromatic N) is 1. The number of morpholine rings is 1. The van der Waals surface area contributed by atoms with Gasteiger partial charge in [-0.05, 0) is 31.5 Å². The van der Waals surface area contributed by atoms with Gasteiger partial charge in [0.1, 0.15) is 0 Å². The number of hydrogen-bond donors (Lipinski definition) is 1. The van der Waals surface area contributed by atoms with E-state index in [1.807, 2.05) is 18.2 Å². The Balaban J connectivity index is 2.06. The molecule has 1 aromatic rings. The van der Waals surface area contributed by atoms with Crippen molar-refractivity contribution in [3.05, 3.63) is 28.8 Å². The van der Waals surface area contributed by atoms with E-state index in [1.165, 1.54) is 5.56 Å². The Hall–Kier alpha value is -0.770. The van der Waals surface area contributed by atoms with E-state index in [2.05, 4.69) is 18.7 Å². The van der Waals surface area contributed by atoms with Crippen molar-refractivity contribution in [1.29, 1.82) is 0 Å². The molecule has 4 heteroatoms. The maximum atomic E-state index is 5.92. The topological polar surface area (TPSA) is 38.5 Å². The van der Waals surface area contributed by atoms with Crippen LogP contribution in [0, 0.1) is 0 Å². The van der Waals surface area contributed by atoms with Gasteiger partial charge in [-0.25, -0.2) is 0 Å². The lowest BCUT2D eigenvalue weighted by Gasteiger charge is -2.36. The van der Waals surface area contributed by atoms with Gasteiger partial charge in [-0.2, -0.15) is 0 Å². The molecule has 1 fully saturated rings. The van der Waals surface area contributed by atoms with E-state index in [4.69, 9.17) is 22.1 Å². The van der Waals surface area contributed by atoms with Gasteiger partial charge < -0.3 is 10.5 Å². The first-order chi connectivity index (χ1) is 8.06. The third-order valence-electron chi connectivity index (χ3n) is 3.18. The quantitative estimate of drug-likeness (QED) is 0.825. The SMILES string of the molecule is CC1CN(Cc2ccc(Cl)c(N)c2)C(C)CO1. The summed E-state index contributed by atoms with van der Waals surface area (Å²) < 4.78 is 5.61. The van der Waals surface area contributed by atoms with Crippen LogP contribution in [-0.4, -0.2) is 30.2 Å². The van der Waals surface area contributed by atoms with Gasteiger partial charge in [0, 0.05) is 19.1 Å². The van der Waals surface area contributed by atoms with Gasteiger partial charge in [-0.3, -0.25) is 4.90 Å². The van der Waals surface area contributed by atoms with Gasteiger partial charge >= 0.3 is 0 Å². The van der Waals surface area contributed by atoms with Crippen LogP contribution in [0.25, 0.3) is 0 Å². The van der Waals surface area contributed by atoms with E-state index >= 15 is 0 Å². The summed E-state index contributed by atoms with van der Waals surface area (Å²) in [5, 5.41) is 0.622. The fraction of sp³-hybridized carbons (Fsp3) is 0.538. The summed E-state index contributed by atoms with van der Waals surface area (Å²) in [7, 11) is 0. The van der Waals surface area contributed by atoms with Crippen molar-refractivity contribution in [3.8, 4) is 0 Å². The molecule has 1 aliphatic rings. The molecule has 94 valence electrons. The fourth-order valence-corrected chi connectivity index (χ4v) is 2.24. The third-order valence-corrected chi connectivity index (χ3v) is 3.53. The van der Waals surface area contributed by atoms with Gasteiger partial charge in [0.05, 0.1) is 23.4 Å². The number of nitrogens with two attached hydrogens (primary N) is 1. The molecule has 2 unspecified atom stereocenters. The van der Waals surface area contributed by atoms with Gasteiger partial charge in [0.15, 0.2) is 0 Å². The van der Waals surface area contributed by atoms with Crippen LogP contribution in [0.2, 0.25) is 5.02 Å². The van der Waals surface area contributed by atoms with Gasteiger partial charge in [0.2, 0.25) is 0 Å². The molecule has 0 spiro atoms. The van der Waals surface area contributed by atoms with Crippen LogP contribution >= 0.6 is 11.6 Å². The maximum Gasteiger partial charge on any atom is 0.0674 e. The van der Waals surface area contributed by atoms with Crippen molar-refractivity contribution in [2.45, 2.75) is 32.5 Å². The lowest BCUT2D eigenvalue weighted by Crippen LogP contribution is -2.46. The Bertz CT molecular complexity index is 397. The van der Waals surface area contributed by atoms with Crippen LogP contribution in [0.4, 0.5) is 5.69 Å². The van der Waals surface area contributed by atoms with E-state index < -0.39 is 0 Å². The van der Waals surface area contributed by atoms with Gasteiger partial charge in [-0.1, -0.05) is 17.7 Å². The van der Waals surface area contributed by atoms with Crippen molar-refractivity contribution in [1.82, 2.24) is 4.90 Å². The summed E-state index contributed by atoms with van der Waals surface area (Å²) >= 11 is 5.92. The smallest absolute Gasteiger partial charge is 0.0674 e. The second-order valence-corrected chi connectivity index (χ2v) is 5.19. The molecule has 0 amide bonds. The fourth-order valence-electron chi connectivity index (χ4n) is 2.12. The van der Waals surface area contributed by atoms with E-state index in [0.29, 0.717) is 22.9 Å². The molecule has 2 rings (SSSR count). The first-order valence-corrected chi connectivity index (χ1v) is 6.33. The molecule has 1 aromatic carbocycles. The van der Waals surface area contributed by atoms with Crippen molar-refractivity contribution in [2.24, 2.45) is 0 Å². The molecule has 0 aliphatic carbocycles. The van der Waals surface area contributed by atoms with E-state index in [0.717, 1.165) is 19.7 Å². The second-order valence-electron chi connectivity index (χ2n) is 4.78. The minimum atomic E-state index is 0.302. The summed E-state index contributed by atoms with van der Waals surface area (Å²) in [6.45, 7) is 6.95. The molecule has 17 heavy (non-hydrogen) atoms. The monoisotopic (exact) mass is 254 g/mol. The first-order valence-electron chi connectivity index (χ1n) is 5.96. The average Bonchev–Trinajstić information content (AvgIpc) is 2.29. The van der Waals surface area contributed by atoms with Crippen molar-refractivity contribution in [3.63, 3.8) is 0 Å². The number of halogens is 1. The zero-order valence-electron chi connectivity index (χ0n) is 10.3. The Morgan fingerprint density at radius 3 is 2.94 bits per heavy atom. The molecule has 0 aromatic heterocycles. The lowest BCUT2D eigenvalue weighted by molar-refractivity contribution is -0.0526. The molecule has 1 aliphatic heterocycles. The number of benzene rings is 1. The number of ether oxygens (including phenoxy) is 1. The molecular weight excluding hydrogens is 236 g/mol. The summed E-state index contributed by atoms with van der Waals surface area (Å²) in [6.07, 6.45) is 0.302. The molecule has 0 radical (unpaired) electrons. The lowest BCUT2D eigenvalue weighted by atomic mass is 10.1. The molecule has 2 atom stereocenters. The van der Waals surface area contributed by atoms with E-state index in [9.17, 15) is 0 Å². The Morgan fingerprint density at radius 1 is 1.47 bits per heavy atom. The Morgan fingerprint density at radius 2 is 2.24 bits per heavy atom. The number of rotatable bonds is 2. The molecule has 1 saturated heterocycles. The average molecular weight is 255 g/mol. The van der Waals surface area contributed by atoms with Crippen LogP contribution in [0.3, 0.4) is 0 Å². The van der Waals surface area contributed by atoms with E-state index in [-0.39, 0.29) is 0 Å². The highest BCUT2D eigenvalue weighted by molar-refractivity contribution is 6.33. The predicted molar refractivity (Wildman–Crippen MR) is 71.2 cm³/mol. The Kier molecular flexibility index (Phi) is 3.92. The maximum absolute atomic E-state index is 5.92.